The minimum Gasteiger partial charge on any atom is -0.497 e. The van der Waals surface area contributed by atoms with Crippen molar-refractivity contribution in [3.8, 4) is 22.9 Å². The summed E-state index contributed by atoms with van der Waals surface area (Å²) in [6.07, 6.45) is 1.96. The maximum absolute atomic E-state index is 13.2. The Kier molecular flexibility index (Phi) is 7.81. The molecule has 0 saturated heterocycles. The van der Waals surface area contributed by atoms with Crippen LogP contribution in [0.25, 0.3) is 5.69 Å². The number of anilines is 1. The summed E-state index contributed by atoms with van der Waals surface area (Å²) < 4.78 is 18.3. The standard InChI is InChI=1S/C26H34N4O4/c1-8-9-14-34-22-13-10-18(26(3,4)5)15-20(22)27-25(31)24-17(2)30(29-28-24)21-12-11-19(32-6)16-23(21)33-7/h10-13,15-16H,8-9,14H2,1-7H3,(H,27,31). The van der Waals surface area contributed by atoms with Crippen LogP contribution in [-0.4, -0.2) is 41.7 Å². The number of hydrogen-bond acceptors (Lipinski definition) is 6. The molecule has 8 nitrogen and oxygen atoms in total. The maximum atomic E-state index is 13.2. The molecule has 0 saturated carbocycles. The Labute approximate surface area is 201 Å². The molecule has 0 aliphatic heterocycles. The Bertz CT molecular complexity index is 1150. The van der Waals surface area contributed by atoms with E-state index in [1.54, 1.807) is 38.0 Å². The fourth-order valence-corrected chi connectivity index (χ4v) is 3.46. The van der Waals surface area contributed by atoms with Gasteiger partial charge in [-0.2, -0.15) is 0 Å². The first-order chi connectivity index (χ1) is 16.2. The number of hydrogen-bond donors (Lipinski definition) is 1. The smallest absolute Gasteiger partial charge is 0.278 e. The van der Waals surface area contributed by atoms with Crippen molar-refractivity contribution in [3.05, 3.63) is 53.3 Å². The Morgan fingerprint density at radius 3 is 2.47 bits per heavy atom. The van der Waals surface area contributed by atoms with E-state index in [9.17, 15) is 4.79 Å². The molecule has 1 N–H and O–H groups in total. The minimum absolute atomic E-state index is 0.0780. The number of ether oxygens (including phenoxy) is 3. The molecular weight excluding hydrogens is 432 g/mol. The van der Waals surface area contributed by atoms with Gasteiger partial charge in [0.15, 0.2) is 5.69 Å². The molecule has 0 spiro atoms. The molecule has 182 valence electrons. The fourth-order valence-electron chi connectivity index (χ4n) is 3.46. The van der Waals surface area contributed by atoms with Crippen LogP contribution in [0.4, 0.5) is 5.69 Å². The highest BCUT2D eigenvalue weighted by Crippen LogP contribution is 2.33. The number of amides is 1. The monoisotopic (exact) mass is 466 g/mol. The summed E-state index contributed by atoms with van der Waals surface area (Å²) in [6, 6.07) is 11.3. The molecule has 3 rings (SSSR count). The van der Waals surface area contributed by atoms with E-state index in [1.165, 1.54) is 0 Å². The molecule has 2 aromatic carbocycles. The largest absolute Gasteiger partial charge is 0.497 e. The summed E-state index contributed by atoms with van der Waals surface area (Å²) in [4.78, 5) is 13.2. The summed E-state index contributed by atoms with van der Waals surface area (Å²) in [6.45, 7) is 10.9. The third-order valence-corrected chi connectivity index (χ3v) is 5.57. The van der Waals surface area contributed by atoms with Crippen LogP contribution in [0.5, 0.6) is 17.2 Å². The lowest BCUT2D eigenvalue weighted by Crippen LogP contribution is -2.17. The van der Waals surface area contributed by atoms with E-state index in [-0.39, 0.29) is 17.0 Å². The van der Waals surface area contributed by atoms with E-state index >= 15 is 0 Å². The van der Waals surface area contributed by atoms with Gasteiger partial charge in [0, 0.05) is 6.07 Å². The second-order valence-electron chi connectivity index (χ2n) is 9.09. The number of carbonyl (C=O) groups excluding carboxylic acids is 1. The zero-order valence-electron chi connectivity index (χ0n) is 21.1. The number of rotatable bonds is 9. The van der Waals surface area contributed by atoms with E-state index in [2.05, 4.69) is 43.3 Å². The van der Waals surface area contributed by atoms with Crippen LogP contribution >= 0.6 is 0 Å². The van der Waals surface area contributed by atoms with Crippen LogP contribution in [0.1, 0.15) is 62.3 Å². The minimum atomic E-state index is -0.359. The number of unbranched alkanes of at least 4 members (excludes halogenated alkanes) is 1. The molecule has 8 heteroatoms. The van der Waals surface area contributed by atoms with Gasteiger partial charge < -0.3 is 19.5 Å². The van der Waals surface area contributed by atoms with E-state index in [0.717, 1.165) is 18.4 Å². The maximum Gasteiger partial charge on any atom is 0.278 e. The summed E-state index contributed by atoms with van der Waals surface area (Å²) in [7, 11) is 3.16. The summed E-state index contributed by atoms with van der Waals surface area (Å²) in [5, 5.41) is 11.3. The molecule has 0 aliphatic rings. The number of aromatic nitrogens is 3. The van der Waals surface area contributed by atoms with Gasteiger partial charge in [0.1, 0.15) is 22.9 Å². The third-order valence-electron chi connectivity index (χ3n) is 5.57. The van der Waals surface area contributed by atoms with Gasteiger partial charge in [0.25, 0.3) is 5.91 Å². The predicted octanol–water partition coefficient (Wildman–Crippen LogP) is 5.32. The molecule has 3 aromatic rings. The first kappa shape index (κ1) is 25.1. The van der Waals surface area contributed by atoms with Crippen molar-refractivity contribution < 1.29 is 19.0 Å². The lowest BCUT2D eigenvalue weighted by atomic mass is 9.87. The molecule has 1 aromatic heterocycles. The van der Waals surface area contributed by atoms with Gasteiger partial charge >= 0.3 is 0 Å². The Hall–Kier alpha value is -3.55. The van der Waals surface area contributed by atoms with Crippen LogP contribution in [0.15, 0.2) is 36.4 Å². The van der Waals surface area contributed by atoms with Crippen molar-refractivity contribution >= 4 is 11.6 Å². The Morgan fingerprint density at radius 1 is 1.06 bits per heavy atom. The average molecular weight is 467 g/mol. The number of nitrogens with one attached hydrogen (secondary N) is 1. The van der Waals surface area contributed by atoms with Crippen molar-refractivity contribution in [3.63, 3.8) is 0 Å². The van der Waals surface area contributed by atoms with Crippen molar-refractivity contribution in [2.45, 2.75) is 52.9 Å². The number of carbonyl (C=O) groups is 1. The van der Waals surface area contributed by atoms with Crippen LogP contribution in [0, 0.1) is 6.92 Å². The van der Waals surface area contributed by atoms with Crippen molar-refractivity contribution in [2.24, 2.45) is 0 Å². The van der Waals surface area contributed by atoms with Crippen LogP contribution in [0.3, 0.4) is 0 Å². The second kappa shape index (κ2) is 10.6. The van der Waals surface area contributed by atoms with Crippen LogP contribution < -0.4 is 19.5 Å². The van der Waals surface area contributed by atoms with Crippen molar-refractivity contribution in [1.29, 1.82) is 0 Å². The topological polar surface area (TPSA) is 87.5 Å². The summed E-state index contributed by atoms with van der Waals surface area (Å²) in [5.74, 6) is 1.49. The first-order valence-electron chi connectivity index (χ1n) is 11.4. The van der Waals surface area contributed by atoms with Crippen LogP contribution in [-0.2, 0) is 5.41 Å². The van der Waals surface area contributed by atoms with Crippen molar-refractivity contribution in [2.75, 3.05) is 26.1 Å². The van der Waals surface area contributed by atoms with E-state index in [4.69, 9.17) is 14.2 Å². The van der Waals surface area contributed by atoms with E-state index < -0.39 is 0 Å². The summed E-state index contributed by atoms with van der Waals surface area (Å²) in [5.41, 5.74) is 3.09. The van der Waals surface area contributed by atoms with Gasteiger partial charge in [-0.1, -0.05) is 45.4 Å². The van der Waals surface area contributed by atoms with E-state index in [0.29, 0.717) is 40.9 Å². The van der Waals surface area contributed by atoms with Gasteiger partial charge in [-0.15, -0.1) is 5.10 Å². The molecule has 34 heavy (non-hydrogen) atoms. The SMILES string of the molecule is CCCCOc1ccc(C(C)(C)C)cc1NC(=O)c1nnn(-c2ccc(OC)cc2OC)c1C. The molecular formula is C26H34N4O4. The molecule has 1 heterocycles. The van der Waals surface area contributed by atoms with Gasteiger partial charge in [-0.25, -0.2) is 4.68 Å². The lowest BCUT2D eigenvalue weighted by molar-refractivity contribution is 0.102. The zero-order chi connectivity index (χ0) is 24.9. The lowest BCUT2D eigenvalue weighted by Gasteiger charge is -2.21. The number of nitrogens with zero attached hydrogens (tertiary/aromatic N) is 3. The average Bonchev–Trinajstić information content (AvgIpc) is 3.20. The normalized spacial score (nSPS) is 11.3. The summed E-state index contributed by atoms with van der Waals surface area (Å²) >= 11 is 0. The highest BCUT2D eigenvalue weighted by Gasteiger charge is 2.22. The highest BCUT2D eigenvalue weighted by molar-refractivity contribution is 6.04. The predicted molar refractivity (Wildman–Crippen MR) is 133 cm³/mol. The number of benzene rings is 2. The van der Waals surface area contributed by atoms with Gasteiger partial charge in [0.2, 0.25) is 0 Å². The van der Waals surface area contributed by atoms with Gasteiger partial charge in [-0.3, -0.25) is 4.79 Å². The van der Waals surface area contributed by atoms with E-state index in [1.807, 2.05) is 24.3 Å². The second-order valence-corrected chi connectivity index (χ2v) is 9.09. The van der Waals surface area contributed by atoms with Crippen molar-refractivity contribution in [1.82, 2.24) is 15.0 Å². The number of methoxy groups -OCH3 is 2. The Balaban J connectivity index is 1.93. The quantitative estimate of drug-likeness (QED) is 0.429. The molecule has 0 unspecified atom stereocenters. The molecule has 1 amide bonds. The van der Waals surface area contributed by atoms with Gasteiger partial charge in [-0.05, 0) is 48.6 Å². The molecule has 0 aliphatic carbocycles. The van der Waals surface area contributed by atoms with Gasteiger partial charge in [0.05, 0.1) is 32.2 Å². The molecule has 0 bridgehead atoms. The first-order valence-corrected chi connectivity index (χ1v) is 11.4. The third kappa shape index (κ3) is 5.50. The van der Waals surface area contributed by atoms with Crippen LogP contribution in [0.2, 0.25) is 0 Å². The highest BCUT2D eigenvalue weighted by atomic mass is 16.5. The molecule has 0 atom stereocenters. The Morgan fingerprint density at radius 2 is 1.82 bits per heavy atom. The zero-order valence-corrected chi connectivity index (χ0v) is 21.1. The molecule has 0 radical (unpaired) electrons. The molecule has 0 fully saturated rings. The fraction of sp³-hybridized carbons (Fsp3) is 0.423.